The standard InChI is InChI=1S/C10H16F6O6S2/c1-3-5-6-7(4-2)8(21-23(17,18)9(11,12)13)22-24(19,20)10(14,15)16/h7-8H,3-6H2,1-2H3/t7-/m1/s1. The van der Waals surface area contributed by atoms with E-state index in [9.17, 15) is 43.2 Å². The van der Waals surface area contributed by atoms with Gasteiger partial charge in [0, 0.05) is 5.92 Å². The molecule has 0 unspecified atom stereocenters. The third-order valence-corrected chi connectivity index (χ3v) is 4.87. The van der Waals surface area contributed by atoms with Gasteiger partial charge < -0.3 is 0 Å². The quantitative estimate of drug-likeness (QED) is 0.251. The van der Waals surface area contributed by atoms with Gasteiger partial charge >= 0.3 is 31.3 Å². The van der Waals surface area contributed by atoms with Gasteiger partial charge in [0.2, 0.25) is 0 Å². The van der Waals surface area contributed by atoms with E-state index in [0.29, 0.717) is 6.42 Å². The minimum atomic E-state index is -6.35. The highest BCUT2D eigenvalue weighted by atomic mass is 32.2. The molecular formula is C10H16F6O6S2. The second kappa shape index (κ2) is 8.19. The van der Waals surface area contributed by atoms with Crippen LogP contribution in [0.15, 0.2) is 0 Å². The van der Waals surface area contributed by atoms with Crippen LogP contribution >= 0.6 is 0 Å². The molecule has 0 aromatic rings. The van der Waals surface area contributed by atoms with Crippen molar-refractivity contribution >= 4 is 20.2 Å². The van der Waals surface area contributed by atoms with Crippen molar-refractivity contribution in [3.8, 4) is 0 Å². The van der Waals surface area contributed by atoms with Gasteiger partial charge in [-0.3, -0.25) is 0 Å². The van der Waals surface area contributed by atoms with Crippen molar-refractivity contribution in [3.05, 3.63) is 0 Å². The van der Waals surface area contributed by atoms with Crippen molar-refractivity contribution in [2.75, 3.05) is 0 Å². The monoisotopic (exact) mass is 410 g/mol. The fraction of sp³-hybridized carbons (Fsp3) is 1.00. The Morgan fingerprint density at radius 1 is 0.833 bits per heavy atom. The number of alkyl halides is 6. The van der Waals surface area contributed by atoms with E-state index >= 15 is 0 Å². The SMILES string of the molecule is CCCC[C@@H](CC)C(OS(=O)(=O)C(F)(F)F)OS(=O)(=O)C(F)(F)F. The van der Waals surface area contributed by atoms with Gasteiger partial charge in [0.15, 0.2) is 6.29 Å². The highest BCUT2D eigenvalue weighted by molar-refractivity contribution is 7.88. The molecule has 14 heteroatoms. The maximum Gasteiger partial charge on any atom is 0.523 e. The first-order valence-corrected chi connectivity index (χ1v) is 9.39. The van der Waals surface area contributed by atoms with Crippen LogP contribution in [0.5, 0.6) is 0 Å². The normalized spacial score (nSPS) is 15.7. The maximum absolute atomic E-state index is 12.3. The molecule has 24 heavy (non-hydrogen) atoms. The maximum atomic E-state index is 12.3. The van der Waals surface area contributed by atoms with E-state index in [-0.39, 0.29) is 19.3 Å². The Morgan fingerprint density at radius 2 is 1.21 bits per heavy atom. The van der Waals surface area contributed by atoms with Crippen LogP contribution in [0.25, 0.3) is 0 Å². The first-order chi connectivity index (χ1) is 10.6. The summed E-state index contributed by atoms with van der Waals surface area (Å²) < 4.78 is 125. The number of rotatable bonds is 9. The van der Waals surface area contributed by atoms with E-state index in [1.54, 1.807) is 6.92 Å². The van der Waals surface area contributed by atoms with E-state index in [2.05, 4.69) is 8.37 Å². The molecule has 0 saturated heterocycles. The summed E-state index contributed by atoms with van der Waals surface area (Å²) in [7, 11) is -12.7. The lowest BCUT2D eigenvalue weighted by atomic mass is 9.99. The molecule has 0 rings (SSSR count). The Morgan fingerprint density at radius 3 is 1.46 bits per heavy atom. The Labute approximate surface area is 135 Å². The summed E-state index contributed by atoms with van der Waals surface area (Å²) in [5.41, 5.74) is -11.9. The smallest absolute Gasteiger partial charge is 0.230 e. The van der Waals surface area contributed by atoms with Gasteiger partial charge in [-0.2, -0.15) is 43.2 Å². The molecule has 0 aromatic carbocycles. The molecule has 0 fully saturated rings. The largest absolute Gasteiger partial charge is 0.523 e. The Bertz CT molecular complexity index is 548. The summed E-state index contributed by atoms with van der Waals surface area (Å²) in [6.07, 6.45) is -2.30. The minimum absolute atomic E-state index is 0.0988. The van der Waals surface area contributed by atoms with Gasteiger partial charge in [-0.15, -0.1) is 0 Å². The molecule has 146 valence electrons. The predicted octanol–water partition coefficient (Wildman–Crippen LogP) is 3.26. The molecule has 0 aromatic heterocycles. The highest BCUT2D eigenvalue weighted by Crippen LogP contribution is 2.33. The van der Waals surface area contributed by atoms with Gasteiger partial charge in [-0.1, -0.05) is 26.7 Å². The van der Waals surface area contributed by atoms with Crippen molar-refractivity contribution in [2.45, 2.75) is 56.8 Å². The molecule has 6 nitrogen and oxygen atoms in total. The Hall–Kier alpha value is -0.600. The van der Waals surface area contributed by atoms with Crippen LogP contribution in [0.2, 0.25) is 0 Å². The van der Waals surface area contributed by atoms with Crippen LogP contribution in [0.4, 0.5) is 26.3 Å². The molecule has 0 N–H and O–H groups in total. The second-order valence-electron chi connectivity index (χ2n) is 4.67. The number of hydrogen-bond donors (Lipinski definition) is 0. The van der Waals surface area contributed by atoms with E-state index in [1.807, 2.05) is 0 Å². The first-order valence-electron chi connectivity index (χ1n) is 6.58. The molecule has 0 aliphatic rings. The summed E-state index contributed by atoms with van der Waals surface area (Å²) in [5, 5.41) is 0. The summed E-state index contributed by atoms with van der Waals surface area (Å²) >= 11 is 0. The molecule has 0 aliphatic heterocycles. The van der Waals surface area contributed by atoms with Gasteiger partial charge in [0.25, 0.3) is 0 Å². The molecule has 0 aliphatic carbocycles. The molecule has 0 amide bonds. The zero-order valence-electron chi connectivity index (χ0n) is 12.5. The fourth-order valence-electron chi connectivity index (χ4n) is 1.53. The number of halogens is 6. The third-order valence-electron chi connectivity index (χ3n) is 2.85. The summed E-state index contributed by atoms with van der Waals surface area (Å²) in [6, 6.07) is 0. The summed E-state index contributed by atoms with van der Waals surface area (Å²) in [4.78, 5) is 0. The van der Waals surface area contributed by atoms with Crippen LogP contribution < -0.4 is 0 Å². The lowest BCUT2D eigenvalue weighted by molar-refractivity contribution is -0.101. The fourth-order valence-corrected chi connectivity index (χ4v) is 2.69. The molecule has 1 atom stereocenters. The Balaban J connectivity index is 5.69. The van der Waals surface area contributed by atoms with E-state index < -0.39 is 43.5 Å². The first kappa shape index (κ1) is 23.4. The van der Waals surface area contributed by atoms with E-state index in [0.717, 1.165) is 0 Å². The van der Waals surface area contributed by atoms with Crippen molar-refractivity contribution in [2.24, 2.45) is 5.92 Å². The highest BCUT2D eigenvalue weighted by Gasteiger charge is 2.53. The zero-order chi connectivity index (χ0) is 19.4. The average Bonchev–Trinajstić information content (AvgIpc) is 2.35. The van der Waals surface area contributed by atoms with Gasteiger partial charge in [0.1, 0.15) is 0 Å². The third kappa shape index (κ3) is 6.37. The number of hydrogen-bond acceptors (Lipinski definition) is 6. The lowest BCUT2D eigenvalue weighted by Gasteiger charge is -2.26. The molecule has 0 saturated carbocycles. The summed E-state index contributed by atoms with van der Waals surface area (Å²) in [5.74, 6) is -1.32. The number of unbranched alkanes of at least 4 members (excludes halogenated alkanes) is 1. The topological polar surface area (TPSA) is 86.7 Å². The van der Waals surface area contributed by atoms with Crippen LogP contribution in [0, 0.1) is 5.92 Å². The van der Waals surface area contributed by atoms with Gasteiger partial charge in [0.05, 0.1) is 0 Å². The zero-order valence-corrected chi connectivity index (χ0v) is 14.1. The van der Waals surface area contributed by atoms with Crippen molar-refractivity contribution in [3.63, 3.8) is 0 Å². The van der Waals surface area contributed by atoms with Crippen LogP contribution in [-0.2, 0) is 28.6 Å². The Kier molecular flexibility index (Phi) is 7.98. The molecular weight excluding hydrogens is 394 g/mol. The van der Waals surface area contributed by atoms with Crippen LogP contribution in [0.3, 0.4) is 0 Å². The van der Waals surface area contributed by atoms with E-state index in [1.165, 1.54) is 6.92 Å². The molecule has 0 radical (unpaired) electrons. The van der Waals surface area contributed by atoms with E-state index in [4.69, 9.17) is 0 Å². The van der Waals surface area contributed by atoms with Crippen molar-refractivity contribution < 1.29 is 51.5 Å². The van der Waals surface area contributed by atoms with Crippen molar-refractivity contribution in [1.29, 1.82) is 0 Å². The summed E-state index contributed by atoms with van der Waals surface area (Å²) in [6.45, 7) is 2.96. The lowest BCUT2D eigenvalue weighted by Crippen LogP contribution is -2.39. The molecule has 0 spiro atoms. The minimum Gasteiger partial charge on any atom is -0.230 e. The predicted molar refractivity (Wildman–Crippen MR) is 69.2 cm³/mol. The second-order valence-corrected chi connectivity index (χ2v) is 7.80. The van der Waals surface area contributed by atoms with Crippen LogP contribution in [-0.4, -0.2) is 34.1 Å². The molecule has 0 heterocycles. The average molecular weight is 410 g/mol. The molecule has 0 bridgehead atoms. The van der Waals surface area contributed by atoms with Crippen LogP contribution in [0.1, 0.15) is 39.5 Å². The van der Waals surface area contributed by atoms with Gasteiger partial charge in [-0.25, -0.2) is 8.37 Å². The van der Waals surface area contributed by atoms with Gasteiger partial charge in [-0.05, 0) is 12.8 Å². The van der Waals surface area contributed by atoms with Crippen molar-refractivity contribution in [1.82, 2.24) is 0 Å².